The molecule has 2 aromatic rings. The van der Waals surface area contributed by atoms with Gasteiger partial charge in [0.15, 0.2) is 0 Å². The van der Waals surface area contributed by atoms with Crippen LogP contribution in [0, 0.1) is 25.2 Å². The van der Waals surface area contributed by atoms with E-state index in [9.17, 15) is 13.2 Å². The predicted octanol–water partition coefficient (Wildman–Crippen LogP) is 2.51. The second-order valence-electron chi connectivity index (χ2n) is 5.95. The number of rotatable bonds is 6. The molecule has 0 aliphatic rings. The van der Waals surface area contributed by atoms with Crippen LogP contribution in [0.15, 0.2) is 42.5 Å². The van der Waals surface area contributed by atoms with Crippen molar-refractivity contribution in [2.45, 2.75) is 25.6 Å². The second-order valence-corrected chi connectivity index (χ2v) is 7.70. The molecule has 6 nitrogen and oxygen atoms in total. The number of carbonyl (C=O) groups excluding carboxylic acids is 1. The lowest BCUT2D eigenvalue weighted by Crippen LogP contribution is -2.36. The molecule has 0 bridgehead atoms. The van der Waals surface area contributed by atoms with Gasteiger partial charge in [0.05, 0.1) is 24.5 Å². The van der Waals surface area contributed by atoms with Crippen molar-refractivity contribution in [1.82, 2.24) is 4.72 Å². The fourth-order valence-corrected chi connectivity index (χ4v) is 4.07. The number of hydrogen-bond acceptors (Lipinski definition) is 5. The molecule has 0 spiro atoms. The van der Waals surface area contributed by atoms with Crippen molar-refractivity contribution < 1.29 is 17.9 Å². The lowest BCUT2D eigenvalue weighted by atomic mass is 9.97. The molecule has 0 fully saturated rings. The molecule has 7 heteroatoms. The number of ether oxygens (including phenoxy) is 1. The first-order valence-corrected chi connectivity index (χ1v) is 9.55. The summed E-state index contributed by atoms with van der Waals surface area (Å²) in [5.74, 6) is -1.03. The lowest BCUT2D eigenvalue weighted by Gasteiger charge is -2.21. The Hall–Kier alpha value is -2.69. The largest absolute Gasteiger partial charge is 0.468 e. The molecule has 0 radical (unpaired) electrons. The van der Waals surface area contributed by atoms with Crippen LogP contribution in [0.5, 0.6) is 0 Å². The van der Waals surface area contributed by atoms with Crippen LogP contribution in [0.4, 0.5) is 0 Å². The number of benzene rings is 2. The Morgan fingerprint density at radius 2 is 1.81 bits per heavy atom. The number of aryl methyl sites for hydroxylation is 2. The van der Waals surface area contributed by atoms with Gasteiger partial charge in [-0.2, -0.15) is 9.98 Å². The number of nitrogens with one attached hydrogen (secondary N) is 1. The summed E-state index contributed by atoms with van der Waals surface area (Å²) in [4.78, 5) is 12.3. The molecule has 1 atom stereocenters. The zero-order valence-corrected chi connectivity index (χ0v) is 15.6. The highest BCUT2D eigenvalue weighted by Crippen LogP contribution is 2.24. The van der Waals surface area contributed by atoms with Gasteiger partial charge in [-0.05, 0) is 48.2 Å². The monoisotopic (exact) mass is 372 g/mol. The number of nitriles is 1. The summed E-state index contributed by atoms with van der Waals surface area (Å²) in [6, 6.07) is 12.6. The van der Waals surface area contributed by atoms with Crippen molar-refractivity contribution in [2.24, 2.45) is 0 Å². The van der Waals surface area contributed by atoms with Gasteiger partial charge in [-0.25, -0.2) is 13.2 Å². The van der Waals surface area contributed by atoms with E-state index in [2.05, 4.69) is 4.72 Å². The molecule has 1 N–H and O–H groups in total. The zero-order chi connectivity index (χ0) is 19.3. The number of sulfonamides is 1. The predicted molar refractivity (Wildman–Crippen MR) is 97.6 cm³/mol. The van der Waals surface area contributed by atoms with Crippen molar-refractivity contribution >= 4 is 16.0 Å². The quantitative estimate of drug-likeness (QED) is 0.786. The van der Waals surface area contributed by atoms with Crippen LogP contribution in [-0.2, 0) is 25.3 Å². The highest BCUT2D eigenvalue weighted by atomic mass is 32.2. The molecule has 0 aliphatic carbocycles. The van der Waals surface area contributed by atoms with E-state index in [4.69, 9.17) is 10.00 Å². The summed E-state index contributed by atoms with van der Waals surface area (Å²) < 4.78 is 32.5. The first-order chi connectivity index (χ1) is 12.3. The molecule has 136 valence electrons. The van der Waals surface area contributed by atoms with Crippen LogP contribution < -0.4 is 4.72 Å². The van der Waals surface area contributed by atoms with E-state index in [0.29, 0.717) is 16.7 Å². The molecule has 0 heterocycles. The summed E-state index contributed by atoms with van der Waals surface area (Å²) in [6.07, 6.45) is 0. The third-order valence-corrected chi connectivity index (χ3v) is 5.29. The number of nitrogens with zero attached hydrogens (tertiary/aromatic N) is 1. The fourth-order valence-electron chi connectivity index (χ4n) is 2.80. The number of hydrogen-bond donors (Lipinski definition) is 1. The Bertz CT molecular complexity index is 941. The van der Waals surface area contributed by atoms with Crippen LogP contribution in [-0.4, -0.2) is 21.5 Å². The molecule has 26 heavy (non-hydrogen) atoms. The normalized spacial score (nSPS) is 12.2. The van der Waals surface area contributed by atoms with Crippen LogP contribution in [0.1, 0.15) is 33.9 Å². The minimum absolute atomic E-state index is 0.346. The van der Waals surface area contributed by atoms with Gasteiger partial charge in [-0.1, -0.05) is 30.3 Å². The Morgan fingerprint density at radius 3 is 2.38 bits per heavy atom. The van der Waals surface area contributed by atoms with E-state index in [-0.39, 0.29) is 5.75 Å². The minimum Gasteiger partial charge on any atom is -0.468 e. The van der Waals surface area contributed by atoms with Crippen LogP contribution in [0.25, 0.3) is 0 Å². The van der Waals surface area contributed by atoms with E-state index < -0.39 is 22.0 Å². The van der Waals surface area contributed by atoms with Gasteiger partial charge in [0.1, 0.15) is 6.04 Å². The highest BCUT2D eigenvalue weighted by Gasteiger charge is 2.29. The minimum atomic E-state index is -3.86. The van der Waals surface area contributed by atoms with E-state index in [1.54, 1.807) is 18.2 Å². The van der Waals surface area contributed by atoms with E-state index >= 15 is 0 Å². The molecule has 0 amide bonds. The van der Waals surface area contributed by atoms with Gasteiger partial charge in [0, 0.05) is 0 Å². The number of methoxy groups -OCH3 is 1. The summed E-state index contributed by atoms with van der Waals surface area (Å²) in [6.45, 7) is 3.62. The highest BCUT2D eigenvalue weighted by molar-refractivity contribution is 7.88. The van der Waals surface area contributed by atoms with Crippen LogP contribution in [0.2, 0.25) is 0 Å². The van der Waals surface area contributed by atoms with E-state index in [0.717, 1.165) is 11.1 Å². The molecule has 0 unspecified atom stereocenters. The standard InChI is InChI=1S/C19H20N2O4S/c1-13-6-4-7-14(2)17(13)18(19(22)25-3)21-26(23,24)12-16-9-5-8-15(10-16)11-20/h4-10,18,21H,12H2,1-3H3/t18-/m0/s1. The Balaban J connectivity index is 2.36. The van der Waals surface area contributed by atoms with Crippen LogP contribution >= 0.6 is 0 Å². The van der Waals surface area contributed by atoms with Crippen molar-refractivity contribution in [3.8, 4) is 6.07 Å². The topological polar surface area (TPSA) is 96.3 Å². The van der Waals surface area contributed by atoms with Gasteiger partial charge >= 0.3 is 5.97 Å². The second kappa shape index (κ2) is 8.13. The summed E-state index contributed by atoms with van der Waals surface area (Å²) in [7, 11) is -2.64. The maximum atomic E-state index is 12.6. The maximum absolute atomic E-state index is 12.6. The average molecular weight is 372 g/mol. The Morgan fingerprint density at radius 1 is 1.19 bits per heavy atom. The summed E-state index contributed by atoms with van der Waals surface area (Å²) in [5.41, 5.74) is 2.98. The molecule has 0 aliphatic heterocycles. The number of carbonyl (C=O) groups is 1. The Labute approximate surface area is 153 Å². The van der Waals surface area contributed by atoms with Crippen molar-refractivity contribution in [2.75, 3.05) is 7.11 Å². The van der Waals surface area contributed by atoms with Crippen molar-refractivity contribution in [1.29, 1.82) is 5.26 Å². The first kappa shape index (κ1) is 19.6. The molecule has 0 aromatic heterocycles. The van der Waals surface area contributed by atoms with Crippen molar-refractivity contribution in [3.05, 3.63) is 70.3 Å². The third-order valence-electron chi connectivity index (χ3n) is 3.98. The number of esters is 1. The zero-order valence-electron chi connectivity index (χ0n) is 14.8. The summed E-state index contributed by atoms with van der Waals surface area (Å²) in [5, 5.41) is 8.94. The smallest absolute Gasteiger partial charge is 0.328 e. The lowest BCUT2D eigenvalue weighted by molar-refractivity contribution is -0.142. The SMILES string of the molecule is COC(=O)[C@@H](NS(=O)(=O)Cc1cccc(C#N)c1)c1c(C)cccc1C. The van der Waals surface area contributed by atoms with Gasteiger partial charge in [-0.15, -0.1) is 0 Å². The molecular formula is C19H20N2O4S. The fraction of sp³-hybridized carbons (Fsp3) is 0.263. The summed E-state index contributed by atoms with van der Waals surface area (Å²) >= 11 is 0. The molecule has 2 aromatic carbocycles. The van der Waals surface area contributed by atoms with Crippen molar-refractivity contribution in [3.63, 3.8) is 0 Å². The van der Waals surface area contributed by atoms with Crippen LogP contribution in [0.3, 0.4) is 0 Å². The van der Waals surface area contributed by atoms with Gasteiger partial charge in [0.2, 0.25) is 10.0 Å². The molecule has 0 saturated heterocycles. The third kappa shape index (κ3) is 4.69. The van der Waals surface area contributed by atoms with Gasteiger partial charge in [-0.3, -0.25) is 0 Å². The van der Waals surface area contributed by atoms with Gasteiger partial charge in [0.25, 0.3) is 0 Å². The molecule has 2 rings (SSSR count). The van der Waals surface area contributed by atoms with Gasteiger partial charge < -0.3 is 4.74 Å². The van der Waals surface area contributed by atoms with E-state index in [1.807, 2.05) is 38.1 Å². The average Bonchev–Trinajstić information content (AvgIpc) is 2.59. The first-order valence-electron chi connectivity index (χ1n) is 7.90. The van der Waals surface area contributed by atoms with E-state index in [1.165, 1.54) is 13.2 Å². The maximum Gasteiger partial charge on any atom is 0.328 e. The molecule has 0 saturated carbocycles. The Kier molecular flexibility index (Phi) is 6.14. The molecular weight excluding hydrogens is 352 g/mol.